The number of hydrogen-bond donors (Lipinski definition) is 4. The molecule has 5 nitrogen and oxygen atoms in total. The number of nitrogens with zero attached hydrogens (tertiary/aromatic N) is 1. The van der Waals surface area contributed by atoms with E-state index in [1.807, 2.05) is 12.1 Å². The van der Waals surface area contributed by atoms with Crippen molar-refractivity contribution < 1.29 is 0 Å². The van der Waals surface area contributed by atoms with E-state index in [9.17, 15) is 0 Å². The molecule has 0 heterocycles. The number of nitrogens with one attached hydrogen (secondary N) is 1. The fraction of sp³-hybridized carbons (Fsp3) is 0.160. The van der Waals surface area contributed by atoms with Crippen LogP contribution in [-0.2, 0) is 12.8 Å². The lowest BCUT2D eigenvalue weighted by Gasteiger charge is -2.12. The van der Waals surface area contributed by atoms with Crippen LogP contribution in [0.25, 0.3) is 22.3 Å². The molecule has 2 radical (unpaired) electrons. The molecule has 3 rings (SSSR count). The van der Waals surface area contributed by atoms with Gasteiger partial charge in [-0.15, -0.1) is 0 Å². The van der Waals surface area contributed by atoms with Gasteiger partial charge in [0.15, 0.2) is 5.96 Å². The summed E-state index contributed by atoms with van der Waals surface area (Å²) in [6, 6.07) is 21.0. The van der Waals surface area contributed by atoms with Gasteiger partial charge in [0, 0.05) is 17.6 Å². The normalized spacial score (nSPS) is 10.5. The maximum absolute atomic E-state index is 6.19. The second kappa shape index (κ2) is 10.9. The number of halogens is 1. The Morgan fingerprint density at radius 3 is 2.19 bits per heavy atom. The van der Waals surface area contributed by atoms with Gasteiger partial charge in [0.1, 0.15) is 7.85 Å². The zero-order chi connectivity index (χ0) is 23.1. The van der Waals surface area contributed by atoms with Crippen molar-refractivity contribution >= 4 is 35.2 Å². The number of rotatable bonds is 9. The van der Waals surface area contributed by atoms with Gasteiger partial charge < -0.3 is 22.5 Å². The molecule has 0 saturated carbocycles. The molecule has 0 unspecified atom stereocenters. The minimum atomic E-state index is 0.109. The fourth-order valence-electron chi connectivity index (χ4n) is 3.55. The number of guanidine groups is 1. The molecule has 162 valence electrons. The van der Waals surface area contributed by atoms with Crippen LogP contribution in [0.5, 0.6) is 0 Å². The summed E-state index contributed by atoms with van der Waals surface area (Å²) in [5, 5.41) is 3.05. The van der Waals surface area contributed by atoms with Crippen molar-refractivity contribution in [1.29, 1.82) is 0 Å². The summed E-state index contributed by atoms with van der Waals surface area (Å²) < 4.78 is 1.01. The molecule has 7 heteroatoms. The summed E-state index contributed by atoms with van der Waals surface area (Å²) in [5.41, 5.74) is 23.9. The molecule has 3 aromatic carbocycles. The summed E-state index contributed by atoms with van der Waals surface area (Å²) >= 11 is 3.63. The molecule has 0 aliphatic rings. The van der Waals surface area contributed by atoms with E-state index in [1.165, 1.54) is 0 Å². The molecule has 0 aliphatic carbocycles. The highest BCUT2D eigenvalue weighted by molar-refractivity contribution is 9.10. The standard InChI is InChI=1S/C25H27BBrN5/c1-16(28)31-7-5-17-9-21(14-23(26)11-17)19-3-2-4-20(13-19)22-10-18(12-24(27)15-22)6-8-32-25(29)30/h2-4,9-15,31H,1,5-8,28H2,(H4,29,30,32). The van der Waals surface area contributed by atoms with Crippen LogP contribution < -0.4 is 28.0 Å². The van der Waals surface area contributed by atoms with Gasteiger partial charge in [-0.25, -0.2) is 0 Å². The lowest BCUT2D eigenvalue weighted by Crippen LogP contribution is -2.23. The smallest absolute Gasteiger partial charge is 0.185 e. The predicted octanol–water partition coefficient (Wildman–Crippen LogP) is 2.95. The molecular weight excluding hydrogens is 461 g/mol. The second-order valence-corrected chi connectivity index (χ2v) is 8.57. The van der Waals surface area contributed by atoms with Crippen LogP contribution in [0.4, 0.5) is 0 Å². The Morgan fingerprint density at radius 2 is 1.53 bits per heavy atom. The Hall–Kier alpha value is -3.19. The van der Waals surface area contributed by atoms with Gasteiger partial charge in [-0.2, -0.15) is 0 Å². The highest BCUT2D eigenvalue weighted by Gasteiger charge is 2.07. The SMILES string of the molecule is [B]c1cc(CCNC(=C)N)cc(-c2cccc(-c3cc(Br)cc(CCN=C(N)N)c3)c2)c1. The monoisotopic (exact) mass is 487 g/mol. The third-order valence-corrected chi connectivity index (χ3v) is 5.42. The van der Waals surface area contributed by atoms with E-state index >= 15 is 0 Å². The van der Waals surface area contributed by atoms with Gasteiger partial charge in [-0.05, 0) is 64.4 Å². The van der Waals surface area contributed by atoms with E-state index in [4.69, 9.17) is 25.0 Å². The first-order valence-corrected chi connectivity index (χ1v) is 11.1. The first kappa shape index (κ1) is 23.5. The largest absolute Gasteiger partial charge is 0.386 e. The summed E-state index contributed by atoms with van der Waals surface area (Å²) in [6.07, 6.45) is 1.56. The van der Waals surface area contributed by atoms with Crippen molar-refractivity contribution in [3.63, 3.8) is 0 Å². The first-order chi connectivity index (χ1) is 15.3. The van der Waals surface area contributed by atoms with E-state index in [0.29, 0.717) is 18.9 Å². The third-order valence-electron chi connectivity index (χ3n) is 4.96. The summed E-state index contributed by atoms with van der Waals surface area (Å²) in [6.45, 7) is 4.92. The fourth-order valence-corrected chi connectivity index (χ4v) is 4.09. The second-order valence-electron chi connectivity index (χ2n) is 7.65. The Labute approximate surface area is 199 Å². The van der Waals surface area contributed by atoms with Crippen molar-refractivity contribution in [3.05, 3.63) is 88.7 Å². The minimum Gasteiger partial charge on any atom is -0.386 e. The van der Waals surface area contributed by atoms with E-state index in [-0.39, 0.29) is 5.96 Å². The van der Waals surface area contributed by atoms with Crippen molar-refractivity contribution in [2.45, 2.75) is 12.8 Å². The summed E-state index contributed by atoms with van der Waals surface area (Å²) in [4.78, 5) is 4.08. The Morgan fingerprint density at radius 1 is 0.875 bits per heavy atom. The molecule has 0 aromatic heterocycles. The van der Waals surface area contributed by atoms with E-state index in [0.717, 1.165) is 56.2 Å². The number of hydrogen-bond acceptors (Lipinski definition) is 3. The van der Waals surface area contributed by atoms with Crippen molar-refractivity contribution in [2.75, 3.05) is 13.1 Å². The highest BCUT2D eigenvalue weighted by atomic mass is 79.9. The average Bonchev–Trinajstić information content (AvgIpc) is 2.72. The number of nitrogens with two attached hydrogens (primary N) is 3. The summed E-state index contributed by atoms with van der Waals surface area (Å²) in [7, 11) is 6.19. The molecule has 0 atom stereocenters. The maximum atomic E-state index is 6.19. The summed E-state index contributed by atoms with van der Waals surface area (Å²) in [5.74, 6) is 0.576. The quantitative estimate of drug-likeness (QED) is 0.211. The van der Waals surface area contributed by atoms with Crippen LogP contribution in [0.1, 0.15) is 11.1 Å². The zero-order valence-electron chi connectivity index (χ0n) is 17.9. The van der Waals surface area contributed by atoms with Crippen LogP contribution in [0.15, 0.2) is 82.5 Å². The molecule has 3 aromatic rings. The van der Waals surface area contributed by atoms with E-state index < -0.39 is 0 Å². The molecule has 0 fully saturated rings. The van der Waals surface area contributed by atoms with Crippen molar-refractivity contribution in [1.82, 2.24) is 5.32 Å². The van der Waals surface area contributed by atoms with Crippen LogP contribution >= 0.6 is 15.9 Å². The Kier molecular flexibility index (Phi) is 8.00. The highest BCUT2D eigenvalue weighted by Crippen LogP contribution is 2.29. The lowest BCUT2D eigenvalue weighted by molar-refractivity contribution is 0.782. The average molecular weight is 488 g/mol. The predicted molar refractivity (Wildman–Crippen MR) is 140 cm³/mol. The molecule has 0 amide bonds. The Balaban J connectivity index is 1.87. The zero-order valence-corrected chi connectivity index (χ0v) is 19.5. The van der Waals surface area contributed by atoms with Crippen LogP contribution in [-0.4, -0.2) is 26.9 Å². The molecule has 0 spiro atoms. The molecule has 7 N–H and O–H groups in total. The van der Waals surface area contributed by atoms with Gasteiger partial charge >= 0.3 is 0 Å². The van der Waals surface area contributed by atoms with E-state index in [1.54, 1.807) is 0 Å². The molecule has 32 heavy (non-hydrogen) atoms. The van der Waals surface area contributed by atoms with Gasteiger partial charge in [0.25, 0.3) is 0 Å². The van der Waals surface area contributed by atoms with Gasteiger partial charge in [0.05, 0.1) is 5.82 Å². The van der Waals surface area contributed by atoms with Crippen molar-refractivity contribution in [3.8, 4) is 22.3 Å². The topological polar surface area (TPSA) is 102 Å². The van der Waals surface area contributed by atoms with E-state index in [2.05, 4.69) is 81.3 Å². The van der Waals surface area contributed by atoms with Crippen LogP contribution in [0, 0.1) is 0 Å². The number of aliphatic imine (C=N–C) groups is 1. The van der Waals surface area contributed by atoms with Crippen LogP contribution in [0.2, 0.25) is 0 Å². The van der Waals surface area contributed by atoms with Crippen molar-refractivity contribution in [2.24, 2.45) is 22.2 Å². The first-order valence-electron chi connectivity index (χ1n) is 10.3. The third kappa shape index (κ3) is 6.92. The molecule has 0 aliphatic heterocycles. The van der Waals surface area contributed by atoms with Gasteiger partial charge in [0.2, 0.25) is 0 Å². The van der Waals surface area contributed by atoms with Crippen LogP contribution in [0.3, 0.4) is 0 Å². The lowest BCUT2D eigenvalue weighted by atomic mass is 9.88. The Bertz CT molecular complexity index is 1140. The number of benzene rings is 3. The molecule has 0 bridgehead atoms. The minimum absolute atomic E-state index is 0.109. The van der Waals surface area contributed by atoms with Gasteiger partial charge in [-0.1, -0.05) is 70.4 Å². The van der Waals surface area contributed by atoms with Gasteiger partial charge in [-0.3, -0.25) is 4.99 Å². The molecular formula is C25H27BBrN5. The maximum Gasteiger partial charge on any atom is 0.185 e. The molecule has 0 saturated heterocycles.